The maximum Gasteiger partial charge on any atom is 0.122 e. The quantitative estimate of drug-likeness (QED) is 0.607. The molecule has 0 bridgehead atoms. The van der Waals surface area contributed by atoms with Gasteiger partial charge in [0.15, 0.2) is 0 Å². The van der Waals surface area contributed by atoms with Crippen LogP contribution in [0.4, 0.5) is 0 Å². The van der Waals surface area contributed by atoms with Crippen molar-refractivity contribution in [1.29, 1.82) is 0 Å². The molecule has 0 fully saturated rings. The molecule has 2 rings (SSSR count). The average Bonchev–Trinajstić information content (AvgIpc) is 2.25. The fraction of sp³-hybridized carbons (Fsp3) is 0.538. The molecule has 0 aromatic heterocycles. The molecule has 1 aliphatic rings. The third kappa shape index (κ3) is 2.50. The Hall–Kier alpha value is -0.980. The first-order chi connectivity index (χ1) is 6.97. The fourth-order valence-corrected chi connectivity index (χ4v) is 1.98. The van der Waals surface area contributed by atoms with Crippen molar-refractivity contribution >= 4 is 0 Å². The van der Waals surface area contributed by atoms with Gasteiger partial charge in [-0.2, -0.15) is 0 Å². The highest BCUT2D eigenvalue weighted by Gasteiger charge is 2.04. The zero-order valence-corrected chi connectivity index (χ0v) is 8.67. The molecule has 0 unspecified atom stereocenters. The highest BCUT2D eigenvalue weighted by molar-refractivity contribution is 5.33. The first kappa shape index (κ1) is 9.57. The molecule has 0 amide bonds. The second kappa shape index (κ2) is 5.04. The summed E-state index contributed by atoms with van der Waals surface area (Å²) in [6.07, 6.45) is 7.74. The number of para-hydroxylation sites is 1. The predicted molar refractivity (Wildman–Crippen MR) is 58.7 cm³/mol. The van der Waals surface area contributed by atoms with E-state index in [0.717, 1.165) is 12.4 Å². The molecule has 0 radical (unpaired) electrons. The van der Waals surface area contributed by atoms with Crippen LogP contribution in [0.5, 0.6) is 5.75 Å². The van der Waals surface area contributed by atoms with Crippen molar-refractivity contribution in [3.63, 3.8) is 0 Å². The summed E-state index contributed by atoms with van der Waals surface area (Å²) in [6.45, 7) is 0.886. The van der Waals surface area contributed by atoms with Crippen LogP contribution in [0.3, 0.4) is 0 Å². The van der Waals surface area contributed by atoms with Crippen LogP contribution in [-0.2, 0) is 6.42 Å². The van der Waals surface area contributed by atoms with Gasteiger partial charge in [0.25, 0.3) is 0 Å². The minimum Gasteiger partial charge on any atom is -0.493 e. The SMILES string of the molecule is c1ccc2c(c1)CCCCCCCO2. The second-order valence-corrected chi connectivity index (χ2v) is 3.97. The van der Waals surface area contributed by atoms with E-state index in [9.17, 15) is 0 Å². The summed E-state index contributed by atoms with van der Waals surface area (Å²) in [5, 5.41) is 0. The summed E-state index contributed by atoms with van der Waals surface area (Å²) in [5.74, 6) is 1.11. The van der Waals surface area contributed by atoms with Crippen LogP contribution in [0.2, 0.25) is 0 Å². The lowest BCUT2D eigenvalue weighted by Crippen LogP contribution is -2.02. The van der Waals surface area contributed by atoms with Gasteiger partial charge in [0.05, 0.1) is 6.61 Å². The highest BCUT2D eigenvalue weighted by Crippen LogP contribution is 2.22. The maximum atomic E-state index is 5.76. The van der Waals surface area contributed by atoms with Gasteiger partial charge >= 0.3 is 0 Å². The third-order valence-corrected chi connectivity index (χ3v) is 2.82. The number of hydrogen-bond acceptors (Lipinski definition) is 1. The van der Waals surface area contributed by atoms with E-state index in [-0.39, 0.29) is 0 Å². The Kier molecular flexibility index (Phi) is 3.44. The van der Waals surface area contributed by atoms with Crippen LogP contribution in [0, 0.1) is 0 Å². The molecule has 0 N–H and O–H groups in total. The Labute approximate surface area is 86.1 Å². The molecular formula is C13H18O. The van der Waals surface area contributed by atoms with Crippen molar-refractivity contribution in [1.82, 2.24) is 0 Å². The molecular weight excluding hydrogens is 172 g/mol. The second-order valence-electron chi connectivity index (χ2n) is 3.97. The number of aryl methyl sites for hydroxylation is 1. The molecule has 0 saturated carbocycles. The van der Waals surface area contributed by atoms with Gasteiger partial charge < -0.3 is 4.74 Å². The smallest absolute Gasteiger partial charge is 0.122 e. The zero-order valence-electron chi connectivity index (χ0n) is 8.67. The summed E-state index contributed by atoms with van der Waals surface area (Å²) in [7, 11) is 0. The van der Waals surface area contributed by atoms with E-state index in [4.69, 9.17) is 4.74 Å². The van der Waals surface area contributed by atoms with E-state index < -0.39 is 0 Å². The third-order valence-electron chi connectivity index (χ3n) is 2.82. The predicted octanol–water partition coefficient (Wildman–Crippen LogP) is 3.57. The number of ether oxygens (including phenoxy) is 1. The van der Waals surface area contributed by atoms with E-state index in [2.05, 4.69) is 24.3 Å². The standard InChI is InChI=1S/C13H18O/c1-2-4-8-12-9-5-6-10-13(12)14-11-7-3-1/h5-6,9-10H,1-4,7-8,11H2. The van der Waals surface area contributed by atoms with Crippen molar-refractivity contribution in [2.75, 3.05) is 6.61 Å². The summed E-state index contributed by atoms with van der Waals surface area (Å²) >= 11 is 0. The molecule has 0 saturated heterocycles. The van der Waals surface area contributed by atoms with E-state index in [1.54, 1.807) is 0 Å². The van der Waals surface area contributed by atoms with Gasteiger partial charge in [-0.3, -0.25) is 0 Å². The van der Waals surface area contributed by atoms with Crippen molar-refractivity contribution < 1.29 is 4.74 Å². The van der Waals surface area contributed by atoms with Crippen LogP contribution in [0.1, 0.15) is 37.7 Å². The first-order valence-corrected chi connectivity index (χ1v) is 5.67. The van der Waals surface area contributed by atoms with Crippen LogP contribution < -0.4 is 4.74 Å². The summed E-state index contributed by atoms with van der Waals surface area (Å²) in [4.78, 5) is 0. The molecule has 14 heavy (non-hydrogen) atoms. The molecule has 1 nitrogen and oxygen atoms in total. The van der Waals surface area contributed by atoms with Crippen molar-refractivity contribution in [3.8, 4) is 5.75 Å². The minimum absolute atomic E-state index is 0.886. The molecule has 0 aliphatic carbocycles. The maximum absolute atomic E-state index is 5.76. The number of rotatable bonds is 0. The number of fused-ring (bicyclic) bond motifs is 1. The van der Waals surface area contributed by atoms with E-state index in [0.29, 0.717) is 0 Å². The van der Waals surface area contributed by atoms with Crippen molar-refractivity contribution in [3.05, 3.63) is 29.8 Å². The van der Waals surface area contributed by atoms with Gasteiger partial charge in [0.1, 0.15) is 5.75 Å². The lowest BCUT2D eigenvalue weighted by molar-refractivity contribution is 0.298. The lowest BCUT2D eigenvalue weighted by atomic mass is 10.0. The average molecular weight is 190 g/mol. The first-order valence-electron chi connectivity index (χ1n) is 5.67. The summed E-state index contributed by atoms with van der Waals surface area (Å²) < 4.78 is 5.76. The Morgan fingerprint density at radius 3 is 2.64 bits per heavy atom. The Morgan fingerprint density at radius 1 is 0.857 bits per heavy atom. The molecule has 1 aromatic rings. The largest absolute Gasteiger partial charge is 0.493 e. The topological polar surface area (TPSA) is 9.23 Å². The summed E-state index contributed by atoms with van der Waals surface area (Å²) in [6, 6.07) is 8.45. The van der Waals surface area contributed by atoms with Gasteiger partial charge in [-0.05, 0) is 30.9 Å². The van der Waals surface area contributed by atoms with E-state index in [1.165, 1.54) is 44.1 Å². The van der Waals surface area contributed by atoms with Crippen LogP contribution in [0.15, 0.2) is 24.3 Å². The molecule has 1 heteroatoms. The Morgan fingerprint density at radius 2 is 1.64 bits per heavy atom. The van der Waals surface area contributed by atoms with Gasteiger partial charge in [-0.1, -0.05) is 37.5 Å². The lowest BCUT2D eigenvalue weighted by Gasteiger charge is -2.13. The zero-order chi connectivity index (χ0) is 9.64. The van der Waals surface area contributed by atoms with Crippen LogP contribution in [-0.4, -0.2) is 6.61 Å². The van der Waals surface area contributed by atoms with E-state index in [1.807, 2.05) is 0 Å². The Bertz CT molecular complexity index is 251. The van der Waals surface area contributed by atoms with Gasteiger partial charge in [0, 0.05) is 0 Å². The van der Waals surface area contributed by atoms with Crippen LogP contribution in [0.25, 0.3) is 0 Å². The number of hydrogen-bond donors (Lipinski definition) is 0. The fourth-order valence-electron chi connectivity index (χ4n) is 1.98. The molecule has 76 valence electrons. The number of benzene rings is 1. The molecule has 0 spiro atoms. The van der Waals surface area contributed by atoms with Crippen molar-refractivity contribution in [2.45, 2.75) is 38.5 Å². The molecule has 1 aromatic carbocycles. The summed E-state index contributed by atoms with van der Waals surface area (Å²) in [5.41, 5.74) is 1.38. The normalized spacial score (nSPS) is 18.0. The highest BCUT2D eigenvalue weighted by atomic mass is 16.5. The van der Waals surface area contributed by atoms with E-state index >= 15 is 0 Å². The molecule has 1 aliphatic heterocycles. The van der Waals surface area contributed by atoms with Gasteiger partial charge in [0.2, 0.25) is 0 Å². The van der Waals surface area contributed by atoms with Gasteiger partial charge in [-0.25, -0.2) is 0 Å². The van der Waals surface area contributed by atoms with Crippen molar-refractivity contribution in [2.24, 2.45) is 0 Å². The Balaban J connectivity index is 2.10. The van der Waals surface area contributed by atoms with Gasteiger partial charge in [-0.15, -0.1) is 0 Å². The minimum atomic E-state index is 0.886. The van der Waals surface area contributed by atoms with Crippen LogP contribution >= 0.6 is 0 Å². The monoisotopic (exact) mass is 190 g/mol. The molecule has 0 atom stereocenters. The molecule has 1 heterocycles.